The van der Waals surface area contributed by atoms with Gasteiger partial charge in [-0.15, -0.1) is 0 Å². The van der Waals surface area contributed by atoms with E-state index in [9.17, 15) is 9.90 Å². The first kappa shape index (κ1) is 23.0. The minimum atomic E-state index is -0.267. The normalized spacial score (nSPS) is 17.0. The summed E-state index contributed by atoms with van der Waals surface area (Å²) in [5.74, 6) is 0.0847. The van der Waals surface area contributed by atoms with E-state index >= 15 is 0 Å². The molecule has 3 aromatic carbocycles. The highest BCUT2D eigenvalue weighted by atomic mass is 79.9. The number of aromatic hydroxyl groups is 1. The second-order valence-corrected chi connectivity index (χ2v) is 11.7. The molecule has 0 spiro atoms. The second-order valence-electron chi connectivity index (χ2n) is 8.49. The van der Waals surface area contributed by atoms with Gasteiger partial charge in [0.25, 0.3) is 5.56 Å². The van der Waals surface area contributed by atoms with Gasteiger partial charge in [0, 0.05) is 20.6 Å². The molecule has 2 aliphatic rings. The van der Waals surface area contributed by atoms with Crippen LogP contribution in [0.25, 0.3) is 11.8 Å². The van der Waals surface area contributed by atoms with Crippen LogP contribution in [-0.2, 0) is 6.42 Å². The molecule has 1 atom stereocenters. The molecule has 0 saturated carbocycles. The van der Waals surface area contributed by atoms with Gasteiger partial charge in [-0.25, -0.2) is 4.99 Å². The Hall–Kier alpha value is -2.45. The second kappa shape index (κ2) is 8.89. The molecule has 1 aliphatic heterocycles. The molecule has 1 N–H and O–H groups in total. The molecular formula is C27H17Br2ClN2O2S. The summed E-state index contributed by atoms with van der Waals surface area (Å²) in [5.41, 5.74) is 5.90. The van der Waals surface area contributed by atoms with Crippen molar-refractivity contribution in [2.24, 2.45) is 4.99 Å². The zero-order valence-electron chi connectivity index (χ0n) is 18.1. The molecular weight excluding hydrogens is 612 g/mol. The largest absolute Gasteiger partial charge is 0.506 e. The van der Waals surface area contributed by atoms with Crippen molar-refractivity contribution in [1.29, 1.82) is 0 Å². The van der Waals surface area contributed by atoms with Crippen LogP contribution in [0.2, 0.25) is 5.02 Å². The summed E-state index contributed by atoms with van der Waals surface area (Å²) < 4.78 is 3.65. The number of hydrogen-bond acceptors (Lipinski definition) is 4. The number of phenolic OH excluding ortho intramolecular Hbond substituents is 1. The Morgan fingerprint density at radius 3 is 2.66 bits per heavy atom. The number of benzene rings is 3. The average molecular weight is 629 g/mol. The first-order valence-electron chi connectivity index (χ1n) is 11.0. The molecule has 1 aliphatic carbocycles. The van der Waals surface area contributed by atoms with Crippen LogP contribution in [-0.4, -0.2) is 9.67 Å². The summed E-state index contributed by atoms with van der Waals surface area (Å²) >= 11 is 14.4. The fourth-order valence-corrected chi connectivity index (χ4v) is 7.18. The van der Waals surface area contributed by atoms with E-state index in [1.165, 1.54) is 16.9 Å². The monoisotopic (exact) mass is 626 g/mol. The van der Waals surface area contributed by atoms with E-state index in [-0.39, 0.29) is 17.4 Å². The van der Waals surface area contributed by atoms with Crippen molar-refractivity contribution in [3.8, 4) is 5.75 Å². The first-order chi connectivity index (χ1) is 16.9. The molecule has 0 unspecified atom stereocenters. The maximum atomic E-state index is 13.8. The van der Waals surface area contributed by atoms with Gasteiger partial charge in [-0.3, -0.25) is 9.36 Å². The highest BCUT2D eigenvalue weighted by molar-refractivity contribution is 9.11. The van der Waals surface area contributed by atoms with Crippen LogP contribution < -0.4 is 14.9 Å². The smallest absolute Gasteiger partial charge is 0.271 e. The summed E-state index contributed by atoms with van der Waals surface area (Å²) in [6.07, 6.45) is 3.45. The summed E-state index contributed by atoms with van der Waals surface area (Å²) in [6.45, 7) is 0. The Labute approximate surface area is 226 Å². The van der Waals surface area contributed by atoms with Crippen LogP contribution >= 0.6 is 54.8 Å². The Bertz CT molecular complexity index is 1720. The molecule has 2 heterocycles. The number of thiazole rings is 1. The molecule has 4 nitrogen and oxygen atoms in total. The van der Waals surface area contributed by atoms with Crippen LogP contribution in [0, 0.1) is 0 Å². The van der Waals surface area contributed by atoms with Crippen molar-refractivity contribution in [3.05, 3.63) is 122 Å². The molecule has 0 radical (unpaired) electrons. The fourth-order valence-electron chi connectivity index (χ4n) is 4.80. The zero-order valence-corrected chi connectivity index (χ0v) is 22.9. The van der Waals surface area contributed by atoms with E-state index in [0.717, 1.165) is 39.7 Å². The van der Waals surface area contributed by atoms with Crippen LogP contribution in [0.15, 0.2) is 85.0 Å². The van der Waals surface area contributed by atoms with E-state index < -0.39 is 0 Å². The van der Waals surface area contributed by atoms with Crippen molar-refractivity contribution in [3.63, 3.8) is 0 Å². The number of fused-ring (bicyclic) bond motifs is 3. The molecule has 8 heteroatoms. The number of halogens is 3. The number of rotatable bonds is 2. The third-order valence-electron chi connectivity index (χ3n) is 6.40. The standard InChI is InChI=1S/C27H17Br2ClN2O2S/c28-17-11-16(25(33)21(29)13-17)12-22-26(34)32-24(15-5-8-18(30)9-6-15)20-10-7-14-3-1-2-4-19(14)23(20)31-27(32)35-22/h1-6,8-9,11-13,24,33H,7,10H2/b22-12+/t24-/m0/s1. The van der Waals surface area contributed by atoms with Crippen LogP contribution in [0.3, 0.4) is 0 Å². The van der Waals surface area contributed by atoms with Crippen molar-refractivity contribution in [2.75, 3.05) is 0 Å². The predicted octanol–water partition coefficient (Wildman–Crippen LogP) is 6.20. The predicted molar refractivity (Wildman–Crippen MR) is 148 cm³/mol. The quantitative estimate of drug-likeness (QED) is 0.288. The van der Waals surface area contributed by atoms with Gasteiger partial charge in [0.1, 0.15) is 5.75 Å². The number of phenols is 1. The van der Waals surface area contributed by atoms with Crippen molar-refractivity contribution in [1.82, 2.24) is 4.57 Å². The third-order valence-corrected chi connectivity index (χ3v) is 8.70. The van der Waals surface area contributed by atoms with Gasteiger partial charge in [0.2, 0.25) is 0 Å². The minimum Gasteiger partial charge on any atom is -0.506 e. The number of nitrogens with zero attached hydrogens (tertiary/aromatic N) is 2. The molecule has 6 rings (SSSR count). The van der Waals surface area contributed by atoms with Gasteiger partial charge in [-0.05, 0) is 75.8 Å². The van der Waals surface area contributed by atoms with Gasteiger partial charge in [-0.1, -0.05) is 75.3 Å². The summed E-state index contributed by atoms with van der Waals surface area (Å²) in [5, 5.41) is 11.2. The molecule has 4 aromatic rings. The first-order valence-corrected chi connectivity index (χ1v) is 13.8. The highest BCUT2D eigenvalue weighted by Gasteiger charge is 2.32. The molecule has 0 fully saturated rings. The van der Waals surface area contributed by atoms with Crippen LogP contribution in [0.1, 0.15) is 34.7 Å². The number of hydrogen-bond donors (Lipinski definition) is 1. The van der Waals surface area contributed by atoms with Crippen molar-refractivity contribution in [2.45, 2.75) is 18.9 Å². The van der Waals surface area contributed by atoms with Crippen molar-refractivity contribution >= 4 is 66.6 Å². The molecule has 0 amide bonds. The molecule has 0 saturated heterocycles. The summed E-state index contributed by atoms with van der Waals surface area (Å²) in [7, 11) is 0. The molecule has 1 aromatic heterocycles. The molecule has 0 bridgehead atoms. The Kier molecular flexibility index (Phi) is 5.84. The van der Waals surface area contributed by atoms with Crippen LogP contribution in [0.4, 0.5) is 0 Å². The lowest BCUT2D eigenvalue weighted by atomic mass is 9.83. The average Bonchev–Trinajstić information content (AvgIpc) is 3.16. The number of aryl methyl sites for hydroxylation is 1. The SMILES string of the molecule is O=c1/c(=C\c2cc(Br)cc(Br)c2O)sc2n1[C@@H](c1ccc(Cl)cc1)C1=C(N=2)c2ccccc2CC1. The topological polar surface area (TPSA) is 54.6 Å². The summed E-state index contributed by atoms with van der Waals surface area (Å²) in [4.78, 5) is 19.5. The Morgan fingerprint density at radius 1 is 1.09 bits per heavy atom. The number of aromatic nitrogens is 1. The number of allylic oxidation sites excluding steroid dienone is 1. The summed E-state index contributed by atoms with van der Waals surface area (Å²) in [6, 6.07) is 19.3. The highest BCUT2D eigenvalue weighted by Crippen LogP contribution is 2.41. The van der Waals surface area contributed by atoms with Gasteiger partial charge in [-0.2, -0.15) is 0 Å². The van der Waals surface area contributed by atoms with Gasteiger partial charge >= 0.3 is 0 Å². The molecule has 174 valence electrons. The van der Waals surface area contributed by atoms with E-state index in [4.69, 9.17) is 16.6 Å². The van der Waals surface area contributed by atoms with E-state index in [0.29, 0.717) is 24.4 Å². The van der Waals surface area contributed by atoms with Crippen LogP contribution in [0.5, 0.6) is 5.75 Å². The van der Waals surface area contributed by atoms with Crippen molar-refractivity contribution < 1.29 is 5.11 Å². The van der Waals surface area contributed by atoms with E-state index in [2.05, 4.69) is 50.1 Å². The van der Waals surface area contributed by atoms with E-state index in [1.54, 1.807) is 22.8 Å². The lowest BCUT2D eigenvalue weighted by Gasteiger charge is -2.30. The zero-order chi connectivity index (χ0) is 24.3. The maximum Gasteiger partial charge on any atom is 0.271 e. The minimum absolute atomic E-state index is 0.0847. The van der Waals surface area contributed by atoms with Gasteiger partial charge in [0.05, 0.1) is 20.7 Å². The molecule has 35 heavy (non-hydrogen) atoms. The Balaban J connectivity index is 1.64. The lowest BCUT2D eigenvalue weighted by Crippen LogP contribution is -2.38. The Morgan fingerprint density at radius 2 is 1.86 bits per heavy atom. The van der Waals surface area contributed by atoms with Gasteiger partial charge < -0.3 is 5.11 Å². The maximum absolute atomic E-state index is 13.8. The van der Waals surface area contributed by atoms with Gasteiger partial charge in [0.15, 0.2) is 4.80 Å². The fraction of sp³-hybridized carbons (Fsp3) is 0.111. The third kappa shape index (κ3) is 3.95. The lowest BCUT2D eigenvalue weighted by molar-refractivity contribution is 0.470. The van der Waals surface area contributed by atoms with E-state index in [1.807, 2.05) is 30.3 Å².